The lowest BCUT2D eigenvalue weighted by atomic mass is 10.1. The molecule has 2 heteroatoms. The quantitative estimate of drug-likeness (QED) is 0.683. The molecule has 1 saturated heterocycles. The molecule has 2 nitrogen and oxygen atoms in total. The second-order valence-electron chi connectivity index (χ2n) is 4.04. The molecule has 0 spiro atoms. The van der Waals surface area contributed by atoms with Gasteiger partial charge in [0, 0.05) is 32.7 Å². The summed E-state index contributed by atoms with van der Waals surface area (Å²) in [6.07, 6.45) is 5.73. The average molecular weight is 178 g/mol. The van der Waals surface area contributed by atoms with Crippen LogP contribution in [0.25, 0.3) is 0 Å². The van der Waals surface area contributed by atoms with Crippen LogP contribution in [0.15, 0.2) is 23.3 Å². The van der Waals surface area contributed by atoms with Gasteiger partial charge >= 0.3 is 0 Å². The molecule has 1 heterocycles. The van der Waals surface area contributed by atoms with Crippen LogP contribution in [0.2, 0.25) is 0 Å². The molecule has 0 unspecified atom stereocenters. The fourth-order valence-corrected chi connectivity index (χ4v) is 2.00. The number of hydrogen-bond acceptors (Lipinski definition) is 2. The summed E-state index contributed by atoms with van der Waals surface area (Å²) in [6, 6.07) is 0. The fraction of sp³-hybridized carbons (Fsp3) is 0.636. The van der Waals surface area contributed by atoms with Gasteiger partial charge in [0.05, 0.1) is 0 Å². The van der Waals surface area contributed by atoms with Crippen LogP contribution in [-0.4, -0.2) is 37.6 Å². The van der Waals surface area contributed by atoms with Crippen molar-refractivity contribution in [3.8, 4) is 0 Å². The summed E-state index contributed by atoms with van der Waals surface area (Å²) in [4.78, 5) is 2.54. The van der Waals surface area contributed by atoms with Gasteiger partial charge < -0.3 is 5.32 Å². The van der Waals surface area contributed by atoms with Crippen molar-refractivity contribution in [2.45, 2.75) is 13.3 Å². The van der Waals surface area contributed by atoms with Crippen molar-refractivity contribution in [3.05, 3.63) is 23.3 Å². The number of piperazine rings is 1. The van der Waals surface area contributed by atoms with E-state index < -0.39 is 0 Å². The van der Waals surface area contributed by atoms with Crippen LogP contribution in [0.3, 0.4) is 0 Å². The second kappa shape index (κ2) is 4.07. The van der Waals surface area contributed by atoms with Crippen molar-refractivity contribution in [1.82, 2.24) is 10.2 Å². The molecular weight excluding hydrogens is 160 g/mol. The Hall–Kier alpha value is -0.600. The van der Waals surface area contributed by atoms with Crippen molar-refractivity contribution in [2.24, 2.45) is 0 Å². The summed E-state index contributed by atoms with van der Waals surface area (Å²) < 4.78 is 0. The van der Waals surface area contributed by atoms with Gasteiger partial charge in [-0.1, -0.05) is 23.3 Å². The zero-order valence-corrected chi connectivity index (χ0v) is 8.34. The zero-order chi connectivity index (χ0) is 9.10. The summed E-state index contributed by atoms with van der Waals surface area (Å²) in [5, 5.41) is 3.37. The predicted octanol–water partition coefficient (Wildman–Crippen LogP) is 1.17. The molecule has 0 amide bonds. The Labute approximate surface area is 80.3 Å². The van der Waals surface area contributed by atoms with E-state index in [0.717, 1.165) is 13.1 Å². The first-order valence-corrected chi connectivity index (χ1v) is 5.13. The number of rotatable bonds is 2. The van der Waals surface area contributed by atoms with Gasteiger partial charge in [-0.05, 0) is 13.3 Å². The van der Waals surface area contributed by atoms with Crippen LogP contribution in [0, 0.1) is 0 Å². The third-order valence-electron chi connectivity index (χ3n) is 2.75. The first kappa shape index (κ1) is 8.97. The summed E-state index contributed by atoms with van der Waals surface area (Å²) >= 11 is 0. The third kappa shape index (κ3) is 2.42. The molecule has 1 N–H and O–H groups in total. The molecule has 72 valence electrons. The van der Waals surface area contributed by atoms with Crippen LogP contribution in [0.1, 0.15) is 13.3 Å². The van der Waals surface area contributed by atoms with Gasteiger partial charge in [0.1, 0.15) is 0 Å². The number of allylic oxidation sites excluding steroid dienone is 3. The van der Waals surface area contributed by atoms with Crippen molar-refractivity contribution in [3.63, 3.8) is 0 Å². The van der Waals surface area contributed by atoms with Gasteiger partial charge in [-0.15, -0.1) is 0 Å². The van der Waals surface area contributed by atoms with Crippen LogP contribution in [0.5, 0.6) is 0 Å². The van der Waals surface area contributed by atoms with E-state index in [1.54, 1.807) is 5.57 Å². The van der Waals surface area contributed by atoms with Crippen molar-refractivity contribution in [2.75, 3.05) is 32.7 Å². The minimum atomic E-state index is 1.15. The van der Waals surface area contributed by atoms with Crippen LogP contribution < -0.4 is 5.32 Å². The van der Waals surface area contributed by atoms with Crippen LogP contribution >= 0.6 is 0 Å². The molecule has 0 aromatic carbocycles. The molecule has 2 rings (SSSR count). The largest absolute Gasteiger partial charge is 0.314 e. The minimum absolute atomic E-state index is 1.15. The number of nitrogens with zero attached hydrogens (tertiary/aromatic N) is 1. The van der Waals surface area contributed by atoms with E-state index in [2.05, 4.69) is 29.3 Å². The highest BCUT2D eigenvalue weighted by Gasteiger charge is 2.12. The molecular formula is C11H18N2. The molecule has 0 saturated carbocycles. The average Bonchev–Trinajstić information content (AvgIpc) is 2.53. The smallest absolute Gasteiger partial charge is 0.0200 e. The highest BCUT2D eigenvalue weighted by molar-refractivity contribution is 5.29. The Kier molecular flexibility index (Phi) is 2.81. The molecule has 1 aliphatic heterocycles. The maximum absolute atomic E-state index is 3.37. The number of hydrogen-bond donors (Lipinski definition) is 1. The minimum Gasteiger partial charge on any atom is -0.314 e. The molecule has 0 aromatic heterocycles. The molecule has 0 bridgehead atoms. The molecule has 1 fully saturated rings. The summed E-state index contributed by atoms with van der Waals surface area (Å²) in [7, 11) is 0. The van der Waals surface area contributed by atoms with Crippen molar-refractivity contribution < 1.29 is 0 Å². The third-order valence-corrected chi connectivity index (χ3v) is 2.75. The van der Waals surface area contributed by atoms with Crippen molar-refractivity contribution in [1.29, 1.82) is 0 Å². The molecule has 1 aliphatic carbocycles. The predicted molar refractivity (Wildman–Crippen MR) is 55.8 cm³/mol. The number of nitrogens with one attached hydrogen (secondary N) is 1. The van der Waals surface area contributed by atoms with E-state index in [1.165, 1.54) is 31.6 Å². The first-order valence-electron chi connectivity index (χ1n) is 5.13. The van der Waals surface area contributed by atoms with E-state index in [4.69, 9.17) is 0 Å². The van der Waals surface area contributed by atoms with Gasteiger partial charge in [0.2, 0.25) is 0 Å². The van der Waals surface area contributed by atoms with Crippen LogP contribution in [0.4, 0.5) is 0 Å². The fourth-order valence-electron chi connectivity index (χ4n) is 2.00. The van der Waals surface area contributed by atoms with E-state index in [0.29, 0.717) is 0 Å². The Morgan fingerprint density at radius 1 is 1.31 bits per heavy atom. The SMILES string of the molecule is CC1=CC=C(CN2CCNCC2)C1. The normalized spacial score (nSPS) is 24.4. The Balaban J connectivity index is 1.78. The molecule has 0 aromatic rings. The van der Waals surface area contributed by atoms with E-state index in [-0.39, 0.29) is 0 Å². The van der Waals surface area contributed by atoms with Crippen molar-refractivity contribution >= 4 is 0 Å². The second-order valence-corrected chi connectivity index (χ2v) is 4.04. The lowest BCUT2D eigenvalue weighted by molar-refractivity contribution is 0.258. The summed E-state index contributed by atoms with van der Waals surface area (Å²) in [5.41, 5.74) is 3.09. The van der Waals surface area contributed by atoms with E-state index >= 15 is 0 Å². The van der Waals surface area contributed by atoms with Gasteiger partial charge in [-0.3, -0.25) is 4.90 Å². The molecule has 13 heavy (non-hydrogen) atoms. The van der Waals surface area contributed by atoms with Gasteiger partial charge in [-0.2, -0.15) is 0 Å². The Morgan fingerprint density at radius 3 is 2.69 bits per heavy atom. The standard InChI is InChI=1S/C11H18N2/c1-10-2-3-11(8-10)9-13-6-4-12-5-7-13/h2-3,12H,4-9H2,1H3. The molecule has 0 radical (unpaired) electrons. The lowest BCUT2D eigenvalue weighted by Crippen LogP contribution is -2.44. The molecule has 0 atom stereocenters. The maximum Gasteiger partial charge on any atom is 0.0200 e. The monoisotopic (exact) mass is 178 g/mol. The van der Waals surface area contributed by atoms with Gasteiger partial charge in [0.15, 0.2) is 0 Å². The highest BCUT2D eigenvalue weighted by Crippen LogP contribution is 2.18. The van der Waals surface area contributed by atoms with E-state index in [9.17, 15) is 0 Å². The summed E-state index contributed by atoms with van der Waals surface area (Å²) in [5.74, 6) is 0. The van der Waals surface area contributed by atoms with Gasteiger partial charge in [0.25, 0.3) is 0 Å². The van der Waals surface area contributed by atoms with Gasteiger partial charge in [-0.25, -0.2) is 0 Å². The lowest BCUT2D eigenvalue weighted by Gasteiger charge is -2.27. The van der Waals surface area contributed by atoms with Crippen LogP contribution in [-0.2, 0) is 0 Å². The maximum atomic E-state index is 3.37. The first-order chi connectivity index (χ1) is 6.34. The highest BCUT2D eigenvalue weighted by atomic mass is 15.2. The zero-order valence-electron chi connectivity index (χ0n) is 8.34. The molecule has 2 aliphatic rings. The Morgan fingerprint density at radius 2 is 2.08 bits per heavy atom. The van der Waals surface area contributed by atoms with E-state index in [1.807, 2.05) is 0 Å². The topological polar surface area (TPSA) is 15.3 Å². The summed E-state index contributed by atoms with van der Waals surface area (Å²) in [6.45, 7) is 8.10. The Bertz CT molecular complexity index is 234.